The van der Waals surface area contributed by atoms with Gasteiger partial charge in [0.1, 0.15) is 5.75 Å². The van der Waals surface area contributed by atoms with Gasteiger partial charge in [0.05, 0.1) is 0 Å². The highest BCUT2D eigenvalue weighted by atomic mass is 32.2. The molecule has 0 aliphatic heterocycles. The minimum atomic E-state index is 0.211. The molecule has 3 rings (SSSR count). The summed E-state index contributed by atoms with van der Waals surface area (Å²) in [5, 5.41) is 17.8. The van der Waals surface area contributed by atoms with Crippen molar-refractivity contribution in [1.82, 2.24) is 10.2 Å². The summed E-state index contributed by atoms with van der Waals surface area (Å²) in [6.07, 6.45) is 0. The zero-order valence-corrected chi connectivity index (χ0v) is 11.6. The predicted octanol–water partition coefficient (Wildman–Crippen LogP) is 3.90. The van der Waals surface area contributed by atoms with Crippen molar-refractivity contribution < 1.29 is 9.52 Å². The third kappa shape index (κ3) is 2.83. The molecule has 0 radical (unpaired) electrons. The van der Waals surface area contributed by atoms with Crippen molar-refractivity contribution in [2.75, 3.05) is 0 Å². The first-order valence-corrected chi connectivity index (χ1v) is 6.90. The number of benzene rings is 2. The molecule has 0 saturated heterocycles. The van der Waals surface area contributed by atoms with Gasteiger partial charge in [0.25, 0.3) is 5.22 Å². The average Bonchev–Trinajstić information content (AvgIpc) is 2.91. The van der Waals surface area contributed by atoms with E-state index in [1.807, 2.05) is 31.2 Å². The maximum atomic E-state index is 9.26. The van der Waals surface area contributed by atoms with Crippen LogP contribution in [0.25, 0.3) is 11.5 Å². The van der Waals surface area contributed by atoms with Gasteiger partial charge in [-0.3, -0.25) is 0 Å². The summed E-state index contributed by atoms with van der Waals surface area (Å²) in [6, 6.07) is 14.8. The number of phenolic OH excluding ortho intramolecular Hbond substituents is 1. The molecule has 0 fully saturated rings. The molecule has 4 nitrogen and oxygen atoms in total. The number of hydrogen-bond acceptors (Lipinski definition) is 5. The Morgan fingerprint density at radius 1 is 0.950 bits per heavy atom. The van der Waals surface area contributed by atoms with E-state index < -0.39 is 0 Å². The van der Waals surface area contributed by atoms with Crippen molar-refractivity contribution in [1.29, 1.82) is 0 Å². The van der Waals surface area contributed by atoms with E-state index in [-0.39, 0.29) is 5.75 Å². The molecule has 5 heteroatoms. The Hall–Kier alpha value is -2.27. The molecule has 0 atom stereocenters. The molecule has 0 spiro atoms. The number of rotatable bonds is 3. The quantitative estimate of drug-likeness (QED) is 0.790. The Bertz CT molecular complexity index is 705. The van der Waals surface area contributed by atoms with Crippen LogP contribution in [0.2, 0.25) is 0 Å². The Kier molecular flexibility index (Phi) is 3.43. The summed E-state index contributed by atoms with van der Waals surface area (Å²) in [7, 11) is 0. The van der Waals surface area contributed by atoms with Gasteiger partial charge in [-0.05, 0) is 55.1 Å². The molecule has 1 aromatic heterocycles. The van der Waals surface area contributed by atoms with Crippen LogP contribution < -0.4 is 0 Å². The van der Waals surface area contributed by atoms with E-state index in [9.17, 15) is 5.11 Å². The third-order valence-electron chi connectivity index (χ3n) is 2.75. The lowest BCUT2D eigenvalue weighted by Gasteiger charge is -1.97. The molecule has 3 aromatic rings. The topological polar surface area (TPSA) is 59.2 Å². The molecule has 0 aliphatic rings. The van der Waals surface area contributed by atoms with Crippen molar-refractivity contribution in [2.45, 2.75) is 17.0 Å². The zero-order chi connectivity index (χ0) is 13.9. The first kappa shape index (κ1) is 12.7. The van der Waals surface area contributed by atoms with Crippen molar-refractivity contribution in [3.63, 3.8) is 0 Å². The fourth-order valence-corrected chi connectivity index (χ4v) is 2.35. The molecule has 0 unspecified atom stereocenters. The number of aromatic nitrogens is 2. The van der Waals surface area contributed by atoms with Gasteiger partial charge in [-0.25, -0.2) is 0 Å². The largest absolute Gasteiger partial charge is 0.508 e. The summed E-state index contributed by atoms with van der Waals surface area (Å²) in [5.41, 5.74) is 2.00. The lowest BCUT2D eigenvalue weighted by Crippen LogP contribution is -1.76. The molecule has 20 heavy (non-hydrogen) atoms. The van der Waals surface area contributed by atoms with Gasteiger partial charge in [-0.1, -0.05) is 17.7 Å². The highest BCUT2D eigenvalue weighted by molar-refractivity contribution is 7.99. The van der Waals surface area contributed by atoms with Crippen LogP contribution >= 0.6 is 11.8 Å². The molecule has 1 N–H and O–H groups in total. The number of aryl methyl sites for hydroxylation is 1. The number of nitrogens with zero attached hydrogens (tertiary/aromatic N) is 2. The number of hydrogen-bond donors (Lipinski definition) is 1. The molecule has 100 valence electrons. The van der Waals surface area contributed by atoms with E-state index in [1.165, 1.54) is 17.3 Å². The van der Waals surface area contributed by atoms with Gasteiger partial charge in [0.15, 0.2) is 0 Å². The van der Waals surface area contributed by atoms with Gasteiger partial charge in [0.2, 0.25) is 5.89 Å². The molecule has 0 bridgehead atoms. The van der Waals surface area contributed by atoms with Crippen molar-refractivity contribution in [3.05, 3.63) is 54.1 Å². The van der Waals surface area contributed by atoms with E-state index >= 15 is 0 Å². The van der Waals surface area contributed by atoms with Gasteiger partial charge >= 0.3 is 0 Å². The molecule has 0 aliphatic carbocycles. The molecule has 2 aromatic carbocycles. The van der Waals surface area contributed by atoms with Crippen LogP contribution in [0.4, 0.5) is 0 Å². The fourth-order valence-electron chi connectivity index (χ4n) is 1.68. The molecule has 1 heterocycles. The number of aromatic hydroxyl groups is 1. The van der Waals surface area contributed by atoms with Crippen LogP contribution in [-0.4, -0.2) is 15.3 Å². The summed E-state index contributed by atoms with van der Waals surface area (Å²) >= 11 is 1.43. The summed E-state index contributed by atoms with van der Waals surface area (Å²) in [5.74, 6) is 0.655. The minimum absolute atomic E-state index is 0.211. The highest BCUT2D eigenvalue weighted by Crippen LogP contribution is 2.29. The Morgan fingerprint density at radius 3 is 2.35 bits per heavy atom. The van der Waals surface area contributed by atoms with Crippen molar-refractivity contribution in [2.24, 2.45) is 0 Å². The monoisotopic (exact) mass is 284 g/mol. The van der Waals surface area contributed by atoms with Gasteiger partial charge < -0.3 is 9.52 Å². The summed E-state index contributed by atoms with van der Waals surface area (Å²) in [6.45, 7) is 2.05. The normalized spacial score (nSPS) is 10.7. The van der Waals surface area contributed by atoms with Crippen LogP contribution in [0.1, 0.15) is 5.56 Å². The van der Waals surface area contributed by atoms with Crippen LogP contribution in [0, 0.1) is 6.92 Å². The van der Waals surface area contributed by atoms with E-state index in [1.54, 1.807) is 24.3 Å². The first-order valence-electron chi connectivity index (χ1n) is 6.08. The Balaban J connectivity index is 1.80. The van der Waals surface area contributed by atoms with Crippen LogP contribution in [0.3, 0.4) is 0 Å². The summed E-state index contributed by atoms with van der Waals surface area (Å²) in [4.78, 5) is 1.05. The Labute approximate surface area is 120 Å². The average molecular weight is 284 g/mol. The lowest BCUT2D eigenvalue weighted by atomic mass is 10.2. The van der Waals surface area contributed by atoms with Crippen molar-refractivity contribution in [3.8, 4) is 17.2 Å². The standard InChI is InChI=1S/C15H12N2O2S/c1-10-2-8-13(9-3-10)20-15-17-16-14(19-15)11-4-6-12(18)7-5-11/h2-9,18H,1H3. The van der Waals surface area contributed by atoms with E-state index in [2.05, 4.69) is 10.2 Å². The first-order chi connectivity index (χ1) is 9.70. The molecule has 0 saturated carbocycles. The second-order valence-corrected chi connectivity index (χ2v) is 5.36. The van der Waals surface area contributed by atoms with Crippen LogP contribution in [0.5, 0.6) is 5.75 Å². The van der Waals surface area contributed by atoms with Crippen molar-refractivity contribution >= 4 is 11.8 Å². The van der Waals surface area contributed by atoms with E-state index in [0.29, 0.717) is 11.1 Å². The van der Waals surface area contributed by atoms with E-state index in [0.717, 1.165) is 10.5 Å². The molecular formula is C15H12N2O2S. The fraction of sp³-hybridized carbons (Fsp3) is 0.0667. The smallest absolute Gasteiger partial charge is 0.281 e. The highest BCUT2D eigenvalue weighted by Gasteiger charge is 2.09. The maximum absolute atomic E-state index is 9.26. The number of phenols is 1. The van der Waals surface area contributed by atoms with Gasteiger partial charge in [-0.2, -0.15) is 0 Å². The predicted molar refractivity (Wildman–Crippen MR) is 76.7 cm³/mol. The third-order valence-corrected chi connectivity index (χ3v) is 3.59. The van der Waals surface area contributed by atoms with Crippen LogP contribution in [0.15, 0.2) is 63.1 Å². The molecular weight excluding hydrogens is 272 g/mol. The lowest BCUT2D eigenvalue weighted by molar-refractivity contribution is 0.465. The van der Waals surface area contributed by atoms with Gasteiger partial charge in [0, 0.05) is 10.5 Å². The SMILES string of the molecule is Cc1ccc(Sc2nnc(-c3ccc(O)cc3)o2)cc1. The minimum Gasteiger partial charge on any atom is -0.508 e. The van der Waals surface area contributed by atoms with Gasteiger partial charge in [-0.15, -0.1) is 10.2 Å². The zero-order valence-electron chi connectivity index (χ0n) is 10.8. The Morgan fingerprint density at radius 2 is 1.65 bits per heavy atom. The van der Waals surface area contributed by atoms with E-state index in [4.69, 9.17) is 4.42 Å². The summed E-state index contributed by atoms with van der Waals surface area (Å²) < 4.78 is 5.60. The van der Waals surface area contributed by atoms with Crippen LogP contribution in [-0.2, 0) is 0 Å². The maximum Gasteiger partial charge on any atom is 0.281 e. The second kappa shape index (κ2) is 5.38. The molecule has 0 amide bonds. The second-order valence-electron chi connectivity index (χ2n) is 4.34.